The van der Waals surface area contributed by atoms with Gasteiger partial charge in [0.2, 0.25) is 5.89 Å². The number of aromatic amines is 1. The highest BCUT2D eigenvalue weighted by atomic mass is 16.5. The van der Waals surface area contributed by atoms with E-state index in [-0.39, 0.29) is 0 Å². The van der Waals surface area contributed by atoms with Gasteiger partial charge in [0.1, 0.15) is 5.82 Å². The summed E-state index contributed by atoms with van der Waals surface area (Å²) in [4.78, 5) is 15.4. The Balaban J connectivity index is 1.37. The van der Waals surface area contributed by atoms with Crippen LogP contribution in [0.4, 0.5) is 0 Å². The van der Waals surface area contributed by atoms with Gasteiger partial charge in [-0.1, -0.05) is 5.16 Å². The van der Waals surface area contributed by atoms with Crippen LogP contribution in [0.2, 0.25) is 0 Å². The highest BCUT2D eigenvalue weighted by Gasteiger charge is 2.29. The monoisotopic (exact) mass is 315 g/mol. The maximum absolute atomic E-state index is 5.20. The Kier molecular flexibility index (Phi) is 4.16. The molecule has 0 saturated carbocycles. The summed E-state index contributed by atoms with van der Waals surface area (Å²) in [5, 5.41) is 3.85. The van der Waals surface area contributed by atoms with E-state index in [0.717, 1.165) is 37.5 Å². The number of aryl methyl sites for hydroxylation is 4. The number of rotatable bonds is 5. The molecular weight excluding hydrogens is 290 g/mol. The molecule has 0 spiro atoms. The summed E-state index contributed by atoms with van der Waals surface area (Å²) < 4.78 is 5.20. The van der Waals surface area contributed by atoms with Gasteiger partial charge in [-0.15, -0.1) is 0 Å². The molecule has 0 aromatic carbocycles. The number of aromatic nitrogens is 4. The molecule has 23 heavy (non-hydrogen) atoms. The summed E-state index contributed by atoms with van der Waals surface area (Å²) in [6.45, 7) is 4.10. The molecule has 0 radical (unpaired) electrons. The first-order valence-electron chi connectivity index (χ1n) is 8.90. The van der Waals surface area contributed by atoms with Crippen molar-refractivity contribution in [1.82, 2.24) is 25.0 Å². The molecule has 1 N–H and O–H groups in total. The van der Waals surface area contributed by atoms with Gasteiger partial charge in [-0.2, -0.15) is 4.98 Å². The molecule has 2 aliphatic rings. The van der Waals surface area contributed by atoms with Gasteiger partial charge in [0.25, 0.3) is 0 Å². The van der Waals surface area contributed by atoms with Crippen LogP contribution in [-0.2, 0) is 19.3 Å². The van der Waals surface area contributed by atoms with Crippen molar-refractivity contribution in [2.75, 3.05) is 13.1 Å². The SMILES string of the molecule is Cc1noc(CCCN2CCC[C@H]2c2nc3c([nH]2)CCCC3)n1. The van der Waals surface area contributed by atoms with Crippen LogP contribution >= 0.6 is 0 Å². The lowest BCUT2D eigenvalue weighted by atomic mass is 10.0. The minimum Gasteiger partial charge on any atom is -0.344 e. The second kappa shape index (κ2) is 6.43. The number of nitrogens with one attached hydrogen (secondary N) is 1. The van der Waals surface area contributed by atoms with Crippen molar-refractivity contribution in [2.24, 2.45) is 0 Å². The molecule has 1 aliphatic heterocycles. The smallest absolute Gasteiger partial charge is 0.226 e. The largest absolute Gasteiger partial charge is 0.344 e. The number of likely N-dealkylation sites (tertiary alicyclic amines) is 1. The summed E-state index contributed by atoms with van der Waals surface area (Å²) in [5.74, 6) is 2.68. The molecule has 124 valence electrons. The molecule has 3 heterocycles. The van der Waals surface area contributed by atoms with E-state index in [1.807, 2.05) is 6.92 Å². The number of fused-ring (bicyclic) bond motifs is 1. The van der Waals surface area contributed by atoms with Gasteiger partial charge < -0.3 is 9.51 Å². The quantitative estimate of drug-likeness (QED) is 0.918. The molecule has 0 bridgehead atoms. The molecule has 6 heteroatoms. The molecular formula is C17H25N5O. The molecule has 4 rings (SSSR count). The molecule has 0 amide bonds. The number of hydrogen-bond donors (Lipinski definition) is 1. The summed E-state index contributed by atoms with van der Waals surface area (Å²) in [6.07, 6.45) is 9.29. The van der Waals surface area contributed by atoms with E-state index >= 15 is 0 Å². The lowest BCUT2D eigenvalue weighted by Crippen LogP contribution is -2.25. The van der Waals surface area contributed by atoms with Crippen molar-refractivity contribution < 1.29 is 4.52 Å². The standard InChI is InChI=1S/C17H25N5O/c1-12-18-16(23-21-12)9-5-11-22-10-4-8-15(22)17-19-13-6-2-3-7-14(13)20-17/h15H,2-11H2,1H3,(H,19,20)/t15-/m0/s1. The first kappa shape index (κ1) is 14.9. The van der Waals surface area contributed by atoms with Gasteiger partial charge in [0, 0.05) is 12.1 Å². The average Bonchev–Trinajstić information content (AvgIpc) is 3.26. The summed E-state index contributed by atoms with van der Waals surface area (Å²) in [5.41, 5.74) is 2.71. The highest BCUT2D eigenvalue weighted by Crippen LogP contribution is 2.32. The van der Waals surface area contributed by atoms with Crippen LogP contribution in [0.15, 0.2) is 4.52 Å². The normalized spacial score (nSPS) is 21.7. The predicted molar refractivity (Wildman–Crippen MR) is 86.1 cm³/mol. The van der Waals surface area contributed by atoms with Crippen LogP contribution < -0.4 is 0 Å². The Morgan fingerprint density at radius 2 is 2.13 bits per heavy atom. The predicted octanol–water partition coefficient (Wildman–Crippen LogP) is 2.75. The molecule has 6 nitrogen and oxygen atoms in total. The zero-order valence-corrected chi connectivity index (χ0v) is 13.8. The van der Waals surface area contributed by atoms with Crippen LogP contribution in [-0.4, -0.2) is 38.1 Å². The molecule has 1 saturated heterocycles. The Labute approximate surface area is 136 Å². The zero-order valence-electron chi connectivity index (χ0n) is 13.8. The number of nitrogens with zero attached hydrogens (tertiary/aromatic N) is 4. The Bertz CT molecular complexity index is 638. The van der Waals surface area contributed by atoms with Gasteiger partial charge in [0.05, 0.1) is 11.7 Å². The molecule has 1 fully saturated rings. The number of hydrogen-bond acceptors (Lipinski definition) is 5. The minimum atomic E-state index is 0.463. The molecule has 1 atom stereocenters. The van der Waals surface area contributed by atoms with Gasteiger partial charge >= 0.3 is 0 Å². The highest BCUT2D eigenvalue weighted by molar-refractivity contribution is 5.19. The fraction of sp³-hybridized carbons (Fsp3) is 0.706. The second-order valence-electron chi connectivity index (χ2n) is 6.79. The van der Waals surface area contributed by atoms with Crippen molar-refractivity contribution >= 4 is 0 Å². The first-order chi connectivity index (χ1) is 11.3. The van der Waals surface area contributed by atoms with Crippen LogP contribution in [0, 0.1) is 6.92 Å². The van der Waals surface area contributed by atoms with Gasteiger partial charge in [0.15, 0.2) is 5.82 Å². The Morgan fingerprint density at radius 1 is 1.22 bits per heavy atom. The van der Waals surface area contributed by atoms with E-state index in [4.69, 9.17) is 9.51 Å². The first-order valence-corrected chi connectivity index (χ1v) is 8.90. The molecule has 1 aliphatic carbocycles. The van der Waals surface area contributed by atoms with E-state index in [1.54, 1.807) is 0 Å². The second-order valence-corrected chi connectivity index (χ2v) is 6.79. The van der Waals surface area contributed by atoms with Crippen molar-refractivity contribution in [1.29, 1.82) is 0 Å². The van der Waals surface area contributed by atoms with Gasteiger partial charge in [-0.25, -0.2) is 4.98 Å². The average molecular weight is 315 g/mol. The van der Waals surface area contributed by atoms with Gasteiger partial charge in [-0.05, 0) is 65.0 Å². The van der Waals surface area contributed by atoms with Crippen molar-refractivity contribution in [3.8, 4) is 0 Å². The molecule has 2 aromatic rings. The Morgan fingerprint density at radius 3 is 2.96 bits per heavy atom. The maximum Gasteiger partial charge on any atom is 0.226 e. The van der Waals surface area contributed by atoms with Crippen molar-refractivity contribution in [2.45, 2.75) is 64.3 Å². The minimum absolute atomic E-state index is 0.463. The molecule has 0 unspecified atom stereocenters. The van der Waals surface area contributed by atoms with E-state index in [2.05, 4.69) is 20.0 Å². The van der Waals surface area contributed by atoms with Crippen molar-refractivity contribution in [3.63, 3.8) is 0 Å². The fourth-order valence-electron chi connectivity index (χ4n) is 3.91. The van der Waals surface area contributed by atoms with E-state index in [1.165, 1.54) is 55.9 Å². The van der Waals surface area contributed by atoms with Crippen LogP contribution in [0.3, 0.4) is 0 Å². The summed E-state index contributed by atoms with van der Waals surface area (Å²) in [6, 6.07) is 0.463. The van der Waals surface area contributed by atoms with Crippen LogP contribution in [0.5, 0.6) is 0 Å². The zero-order chi connectivity index (χ0) is 15.6. The number of H-pyrrole nitrogens is 1. The fourth-order valence-corrected chi connectivity index (χ4v) is 3.91. The van der Waals surface area contributed by atoms with Crippen molar-refractivity contribution in [3.05, 3.63) is 28.9 Å². The topological polar surface area (TPSA) is 70.8 Å². The lowest BCUT2D eigenvalue weighted by molar-refractivity contribution is 0.242. The Hall–Kier alpha value is -1.69. The van der Waals surface area contributed by atoms with Crippen LogP contribution in [0.25, 0.3) is 0 Å². The third-order valence-electron chi connectivity index (χ3n) is 5.06. The summed E-state index contributed by atoms with van der Waals surface area (Å²) in [7, 11) is 0. The van der Waals surface area contributed by atoms with Crippen LogP contribution in [0.1, 0.15) is 67.1 Å². The molecule has 2 aromatic heterocycles. The summed E-state index contributed by atoms with van der Waals surface area (Å²) >= 11 is 0. The third-order valence-corrected chi connectivity index (χ3v) is 5.06. The van der Waals surface area contributed by atoms with E-state index < -0.39 is 0 Å². The van der Waals surface area contributed by atoms with E-state index in [9.17, 15) is 0 Å². The van der Waals surface area contributed by atoms with E-state index in [0.29, 0.717) is 6.04 Å². The maximum atomic E-state index is 5.20. The third kappa shape index (κ3) is 3.17. The van der Waals surface area contributed by atoms with Gasteiger partial charge in [-0.3, -0.25) is 4.90 Å². The lowest BCUT2D eigenvalue weighted by Gasteiger charge is -2.22. The number of imidazole rings is 1.